The molecule has 0 unspecified atom stereocenters. The van der Waals surface area contributed by atoms with Crippen molar-refractivity contribution in [3.8, 4) is 0 Å². The van der Waals surface area contributed by atoms with Gasteiger partial charge in [-0.1, -0.05) is 71.9 Å². The quantitative estimate of drug-likeness (QED) is 0.421. The van der Waals surface area contributed by atoms with E-state index in [1.807, 2.05) is 60.7 Å². The SMILES string of the molecule is O=C1C(Sc2ccc(Cl)cc2)=C(N2CCN(c3ccccc3)CC2)C(=O)N1CCc1ccccc1. The number of hydrogen-bond donors (Lipinski definition) is 0. The van der Waals surface area contributed by atoms with Gasteiger partial charge in [-0.3, -0.25) is 14.5 Å². The summed E-state index contributed by atoms with van der Waals surface area (Å²) in [7, 11) is 0. The molecule has 0 aliphatic carbocycles. The second-order valence-electron chi connectivity index (χ2n) is 8.54. The monoisotopic (exact) mass is 503 g/mol. The van der Waals surface area contributed by atoms with Gasteiger partial charge in [-0.2, -0.15) is 0 Å². The highest BCUT2D eigenvalue weighted by Gasteiger charge is 2.42. The van der Waals surface area contributed by atoms with Gasteiger partial charge in [0.1, 0.15) is 10.6 Å². The summed E-state index contributed by atoms with van der Waals surface area (Å²) in [5, 5.41) is 0.638. The first-order valence-electron chi connectivity index (χ1n) is 11.7. The fourth-order valence-electron chi connectivity index (χ4n) is 4.45. The molecule has 3 aromatic rings. The molecule has 2 aliphatic heterocycles. The van der Waals surface area contributed by atoms with Crippen LogP contribution in [0.1, 0.15) is 5.56 Å². The molecule has 2 amide bonds. The Balaban J connectivity index is 1.37. The van der Waals surface area contributed by atoms with Gasteiger partial charge < -0.3 is 9.80 Å². The number of halogens is 1. The molecule has 2 aliphatic rings. The molecule has 0 bridgehead atoms. The first-order chi connectivity index (χ1) is 17.1. The molecule has 5 nitrogen and oxygen atoms in total. The van der Waals surface area contributed by atoms with E-state index < -0.39 is 0 Å². The second kappa shape index (κ2) is 10.6. The largest absolute Gasteiger partial charge is 0.368 e. The number of para-hydroxylation sites is 1. The summed E-state index contributed by atoms with van der Waals surface area (Å²) >= 11 is 7.40. The predicted octanol–water partition coefficient (Wildman–Crippen LogP) is 5.08. The van der Waals surface area contributed by atoms with Gasteiger partial charge in [0.25, 0.3) is 11.8 Å². The Labute approximate surface area is 215 Å². The van der Waals surface area contributed by atoms with Crippen LogP contribution in [0.2, 0.25) is 5.02 Å². The van der Waals surface area contributed by atoms with E-state index >= 15 is 0 Å². The number of thioether (sulfide) groups is 1. The number of imide groups is 1. The summed E-state index contributed by atoms with van der Waals surface area (Å²) in [6, 6.07) is 27.6. The van der Waals surface area contributed by atoms with Crippen molar-refractivity contribution in [2.75, 3.05) is 37.6 Å². The predicted molar refractivity (Wildman–Crippen MR) is 141 cm³/mol. The normalized spacial score (nSPS) is 16.4. The zero-order chi connectivity index (χ0) is 24.2. The zero-order valence-electron chi connectivity index (χ0n) is 19.3. The molecular formula is C28H26ClN3O2S. The third-order valence-electron chi connectivity index (χ3n) is 6.32. The summed E-state index contributed by atoms with van der Waals surface area (Å²) in [5.41, 5.74) is 2.80. The van der Waals surface area contributed by atoms with Gasteiger partial charge >= 0.3 is 0 Å². The van der Waals surface area contributed by atoms with Crippen LogP contribution in [0.4, 0.5) is 5.69 Å². The van der Waals surface area contributed by atoms with E-state index in [4.69, 9.17) is 11.6 Å². The van der Waals surface area contributed by atoms with Crippen molar-refractivity contribution in [2.45, 2.75) is 11.3 Å². The van der Waals surface area contributed by atoms with Crippen molar-refractivity contribution in [3.05, 3.63) is 106 Å². The number of amides is 2. The molecule has 35 heavy (non-hydrogen) atoms. The molecule has 0 N–H and O–H groups in total. The summed E-state index contributed by atoms with van der Waals surface area (Å²) in [6.07, 6.45) is 0.631. The fourth-order valence-corrected chi connectivity index (χ4v) is 5.59. The lowest BCUT2D eigenvalue weighted by atomic mass is 10.1. The van der Waals surface area contributed by atoms with Crippen molar-refractivity contribution in [1.29, 1.82) is 0 Å². The van der Waals surface area contributed by atoms with E-state index in [9.17, 15) is 9.59 Å². The molecular weight excluding hydrogens is 478 g/mol. The third-order valence-corrected chi connectivity index (χ3v) is 7.65. The van der Waals surface area contributed by atoms with Crippen LogP contribution in [0.5, 0.6) is 0 Å². The molecule has 178 valence electrons. The lowest BCUT2D eigenvalue weighted by Gasteiger charge is -2.37. The Morgan fingerprint density at radius 2 is 1.31 bits per heavy atom. The number of hydrogen-bond acceptors (Lipinski definition) is 5. The highest BCUT2D eigenvalue weighted by molar-refractivity contribution is 8.04. The second-order valence-corrected chi connectivity index (χ2v) is 10.1. The van der Waals surface area contributed by atoms with Gasteiger partial charge in [0.15, 0.2) is 0 Å². The van der Waals surface area contributed by atoms with Gasteiger partial charge in [0.2, 0.25) is 0 Å². The van der Waals surface area contributed by atoms with Gasteiger partial charge in [-0.25, -0.2) is 0 Å². The van der Waals surface area contributed by atoms with Crippen LogP contribution in [0.3, 0.4) is 0 Å². The van der Waals surface area contributed by atoms with Crippen molar-refractivity contribution in [1.82, 2.24) is 9.80 Å². The number of carbonyl (C=O) groups excluding carboxylic acids is 2. The number of rotatable bonds is 7. The molecule has 1 saturated heterocycles. The highest BCUT2D eigenvalue weighted by atomic mass is 35.5. The Morgan fingerprint density at radius 3 is 1.97 bits per heavy atom. The third kappa shape index (κ3) is 5.24. The van der Waals surface area contributed by atoms with E-state index in [0.29, 0.717) is 41.7 Å². The number of piperazine rings is 1. The topological polar surface area (TPSA) is 43.9 Å². The zero-order valence-corrected chi connectivity index (χ0v) is 20.8. The fraction of sp³-hybridized carbons (Fsp3) is 0.214. The van der Waals surface area contributed by atoms with Gasteiger partial charge in [-0.05, 0) is 48.4 Å². The molecule has 2 heterocycles. The molecule has 5 rings (SSSR count). The van der Waals surface area contributed by atoms with Crippen molar-refractivity contribution in [3.63, 3.8) is 0 Å². The maximum atomic E-state index is 13.6. The average molecular weight is 504 g/mol. The highest BCUT2D eigenvalue weighted by Crippen LogP contribution is 2.37. The van der Waals surface area contributed by atoms with E-state index in [1.54, 1.807) is 12.1 Å². The molecule has 0 aromatic heterocycles. The van der Waals surface area contributed by atoms with Gasteiger partial charge in [0.05, 0.1) is 0 Å². The molecule has 3 aromatic carbocycles. The number of nitrogens with zero attached hydrogens (tertiary/aromatic N) is 3. The Bertz CT molecular complexity index is 1220. The minimum Gasteiger partial charge on any atom is -0.368 e. The summed E-state index contributed by atoms with van der Waals surface area (Å²) in [6.45, 7) is 3.30. The van der Waals surface area contributed by atoms with E-state index in [-0.39, 0.29) is 11.8 Å². The molecule has 1 fully saturated rings. The van der Waals surface area contributed by atoms with Gasteiger partial charge in [-0.15, -0.1) is 0 Å². The number of anilines is 1. The van der Waals surface area contributed by atoms with Crippen LogP contribution in [-0.4, -0.2) is 54.3 Å². The van der Waals surface area contributed by atoms with E-state index in [2.05, 4.69) is 21.9 Å². The smallest absolute Gasteiger partial charge is 0.278 e. The van der Waals surface area contributed by atoms with Crippen molar-refractivity contribution >= 4 is 40.9 Å². The lowest BCUT2D eigenvalue weighted by molar-refractivity contribution is -0.137. The molecule has 0 radical (unpaired) electrons. The molecule has 0 spiro atoms. The molecule has 7 heteroatoms. The van der Waals surface area contributed by atoms with Crippen LogP contribution >= 0.6 is 23.4 Å². The van der Waals surface area contributed by atoms with E-state index in [0.717, 1.165) is 23.5 Å². The number of carbonyl (C=O) groups is 2. The summed E-state index contributed by atoms with van der Waals surface area (Å²) in [4.78, 5) is 34.3. The van der Waals surface area contributed by atoms with Gasteiger partial charge in [0, 0.05) is 48.3 Å². The first kappa shape index (κ1) is 23.5. The van der Waals surface area contributed by atoms with E-state index in [1.165, 1.54) is 22.3 Å². The summed E-state index contributed by atoms with van der Waals surface area (Å²) < 4.78 is 0. The molecule has 0 atom stereocenters. The van der Waals surface area contributed by atoms with Crippen LogP contribution in [0, 0.1) is 0 Å². The van der Waals surface area contributed by atoms with Crippen LogP contribution in [-0.2, 0) is 16.0 Å². The number of benzene rings is 3. The maximum Gasteiger partial charge on any atom is 0.278 e. The lowest BCUT2D eigenvalue weighted by Crippen LogP contribution is -2.47. The minimum absolute atomic E-state index is 0.199. The minimum atomic E-state index is -0.216. The van der Waals surface area contributed by atoms with Crippen molar-refractivity contribution in [2.24, 2.45) is 0 Å². The summed E-state index contributed by atoms with van der Waals surface area (Å²) in [5.74, 6) is -0.415. The Hall–Kier alpha value is -3.22. The van der Waals surface area contributed by atoms with Crippen LogP contribution in [0.25, 0.3) is 0 Å². The maximum absolute atomic E-state index is 13.6. The standard InChI is InChI=1S/C28H26ClN3O2S/c29-22-11-13-24(14-12-22)35-26-25(31-19-17-30(18-20-31)23-9-5-2-6-10-23)27(33)32(28(26)34)16-15-21-7-3-1-4-8-21/h1-14H,15-20H2. The molecule has 0 saturated carbocycles. The Morgan fingerprint density at radius 1 is 0.714 bits per heavy atom. The average Bonchev–Trinajstić information content (AvgIpc) is 3.13. The Kier molecular flexibility index (Phi) is 7.11. The van der Waals surface area contributed by atoms with Crippen molar-refractivity contribution < 1.29 is 9.59 Å². The van der Waals surface area contributed by atoms with Crippen LogP contribution < -0.4 is 4.90 Å². The first-order valence-corrected chi connectivity index (χ1v) is 12.9. The van der Waals surface area contributed by atoms with Crippen LogP contribution in [0.15, 0.2) is 100 Å².